The van der Waals surface area contributed by atoms with Crippen LogP contribution in [0.4, 0.5) is 11.4 Å². The number of amides is 1. The molecule has 2 aromatic carbocycles. The van der Waals surface area contributed by atoms with E-state index in [0.29, 0.717) is 18.0 Å². The second-order valence-corrected chi connectivity index (χ2v) is 5.46. The molecule has 1 aliphatic heterocycles. The molecule has 2 aromatic rings. The highest BCUT2D eigenvalue weighted by molar-refractivity contribution is 5.96. The highest BCUT2D eigenvalue weighted by atomic mass is 35.5. The predicted molar refractivity (Wildman–Crippen MR) is 97.3 cm³/mol. The molecule has 0 aromatic heterocycles. The lowest BCUT2D eigenvalue weighted by Crippen LogP contribution is -2.38. The maximum Gasteiger partial charge on any atom is 0.264 e. The fourth-order valence-corrected chi connectivity index (χ4v) is 2.82. The summed E-state index contributed by atoms with van der Waals surface area (Å²) in [6.45, 7) is 0.679. The van der Waals surface area contributed by atoms with E-state index in [1.807, 2.05) is 30.3 Å². The number of nitrogens with two attached hydrogens (primary N) is 1. The minimum Gasteiger partial charge on any atom is -0.497 e. The van der Waals surface area contributed by atoms with Crippen LogP contribution in [0.1, 0.15) is 12.0 Å². The van der Waals surface area contributed by atoms with Crippen LogP contribution in [0.25, 0.3) is 0 Å². The maximum atomic E-state index is 12.5. The highest BCUT2D eigenvalue weighted by Crippen LogP contribution is 2.31. The molecule has 128 valence electrons. The number of anilines is 2. The second kappa shape index (κ2) is 7.93. The van der Waals surface area contributed by atoms with Crippen LogP contribution < -0.4 is 20.1 Å². The van der Waals surface area contributed by atoms with Crippen LogP contribution in [-0.2, 0) is 11.2 Å². The Morgan fingerprint density at radius 1 is 1.21 bits per heavy atom. The van der Waals surface area contributed by atoms with Crippen LogP contribution in [0.5, 0.6) is 11.5 Å². The van der Waals surface area contributed by atoms with Gasteiger partial charge in [0.2, 0.25) is 0 Å². The third kappa shape index (κ3) is 3.74. The van der Waals surface area contributed by atoms with Crippen molar-refractivity contribution in [1.82, 2.24) is 0 Å². The molecule has 0 saturated carbocycles. The molecule has 0 atom stereocenters. The van der Waals surface area contributed by atoms with Crippen molar-refractivity contribution >= 4 is 29.7 Å². The quantitative estimate of drug-likeness (QED) is 0.862. The molecule has 3 rings (SSSR count). The lowest BCUT2D eigenvalue weighted by molar-refractivity contribution is -0.120. The molecule has 0 fully saturated rings. The summed E-state index contributed by atoms with van der Waals surface area (Å²) in [4.78, 5) is 14.3. The fourth-order valence-electron chi connectivity index (χ4n) is 2.82. The molecule has 1 amide bonds. The van der Waals surface area contributed by atoms with E-state index in [-0.39, 0.29) is 24.9 Å². The van der Waals surface area contributed by atoms with Gasteiger partial charge in [-0.05, 0) is 42.7 Å². The van der Waals surface area contributed by atoms with E-state index in [1.54, 1.807) is 24.1 Å². The number of methoxy groups -OCH3 is 1. The monoisotopic (exact) mass is 348 g/mol. The van der Waals surface area contributed by atoms with E-state index in [9.17, 15) is 4.79 Å². The molecule has 24 heavy (non-hydrogen) atoms. The molecular weight excluding hydrogens is 328 g/mol. The summed E-state index contributed by atoms with van der Waals surface area (Å²) in [7, 11) is 1.60. The van der Waals surface area contributed by atoms with E-state index in [4.69, 9.17) is 15.2 Å². The minimum atomic E-state index is -0.0700. The van der Waals surface area contributed by atoms with Crippen molar-refractivity contribution in [3.05, 3.63) is 48.0 Å². The molecule has 0 aliphatic carbocycles. The molecule has 5 nitrogen and oxygen atoms in total. The van der Waals surface area contributed by atoms with Gasteiger partial charge in [0.1, 0.15) is 11.5 Å². The van der Waals surface area contributed by atoms with Crippen molar-refractivity contribution in [3.63, 3.8) is 0 Å². The van der Waals surface area contributed by atoms with Gasteiger partial charge in [0.05, 0.1) is 7.11 Å². The van der Waals surface area contributed by atoms with E-state index >= 15 is 0 Å². The van der Waals surface area contributed by atoms with Crippen LogP contribution >= 0.6 is 12.4 Å². The molecule has 0 spiro atoms. The molecule has 2 N–H and O–H groups in total. The Morgan fingerprint density at radius 2 is 1.96 bits per heavy atom. The molecule has 1 heterocycles. The second-order valence-electron chi connectivity index (χ2n) is 5.46. The molecule has 0 saturated heterocycles. The van der Waals surface area contributed by atoms with Crippen LogP contribution in [0.3, 0.4) is 0 Å². The van der Waals surface area contributed by atoms with Gasteiger partial charge >= 0.3 is 0 Å². The number of benzene rings is 2. The molecule has 0 radical (unpaired) electrons. The zero-order valence-corrected chi connectivity index (χ0v) is 14.3. The number of fused-ring (bicyclic) bond motifs is 1. The van der Waals surface area contributed by atoms with Gasteiger partial charge in [-0.3, -0.25) is 4.79 Å². The summed E-state index contributed by atoms with van der Waals surface area (Å²) in [5, 5.41) is 0. The summed E-state index contributed by atoms with van der Waals surface area (Å²) < 4.78 is 10.8. The van der Waals surface area contributed by atoms with E-state index < -0.39 is 0 Å². The number of halogens is 1. The predicted octanol–water partition coefficient (Wildman–Crippen LogP) is 3.06. The number of nitrogen functional groups attached to an aromatic ring is 1. The Balaban J connectivity index is 0.00000208. The normalized spacial score (nSPS) is 12.8. The number of ether oxygens (including phenoxy) is 2. The molecule has 6 heteroatoms. The van der Waals surface area contributed by atoms with Gasteiger partial charge in [0.15, 0.2) is 6.61 Å². The smallest absolute Gasteiger partial charge is 0.264 e. The van der Waals surface area contributed by atoms with E-state index in [2.05, 4.69) is 0 Å². The van der Waals surface area contributed by atoms with Crippen LogP contribution in [0, 0.1) is 0 Å². The summed E-state index contributed by atoms with van der Waals surface area (Å²) in [5.74, 6) is 1.24. The number of rotatable bonds is 4. The van der Waals surface area contributed by atoms with Gasteiger partial charge < -0.3 is 20.1 Å². The average Bonchev–Trinajstić information content (AvgIpc) is 2.60. The van der Waals surface area contributed by atoms with Crippen LogP contribution in [0.2, 0.25) is 0 Å². The Kier molecular flexibility index (Phi) is 5.93. The minimum absolute atomic E-state index is 0. The van der Waals surface area contributed by atoms with Crippen molar-refractivity contribution in [2.75, 3.05) is 30.9 Å². The fraction of sp³-hybridized carbons (Fsp3) is 0.278. The highest BCUT2D eigenvalue weighted by Gasteiger charge is 2.23. The van der Waals surface area contributed by atoms with Gasteiger partial charge in [-0.15, -0.1) is 12.4 Å². The van der Waals surface area contributed by atoms with Crippen molar-refractivity contribution in [2.45, 2.75) is 12.8 Å². The summed E-state index contributed by atoms with van der Waals surface area (Å²) in [6, 6.07) is 12.9. The van der Waals surface area contributed by atoms with Crippen molar-refractivity contribution in [2.24, 2.45) is 0 Å². The molecular formula is C18H21ClN2O3. The SMILES string of the molecule is COc1cccc(OCC(=O)N2CCCc3c(N)cccc32)c1.Cl. The largest absolute Gasteiger partial charge is 0.497 e. The van der Waals surface area contributed by atoms with Crippen molar-refractivity contribution < 1.29 is 14.3 Å². The first-order chi connectivity index (χ1) is 11.2. The number of nitrogens with zero attached hydrogens (tertiary/aromatic N) is 1. The average molecular weight is 349 g/mol. The molecule has 0 bridgehead atoms. The summed E-state index contributed by atoms with van der Waals surface area (Å²) in [5.41, 5.74) is 8.71. The zero-order chi connectivity index (χ0) is 16.2. The Bertz CT molecular complexity index is 721. The van der Waals surface area contributed by atoms with Crippen LogP contribution in [0.15, 0.2) is 42.5 Å². The first-order valence-electron chi connectivity index (χ1n) is 7.63. The Hall–Kier alpha value is -2.40. The zero-order valence-electron chi connectivity index (χ0n) is 13.5. The lowest BCUT2D eigenvalue weighted by Gasteiger charge is -2.30. The number of hydrogen-bond acceptors (Lipinski definition) is 4. The Morgan fingerprint density at radius 3 is 2.75 bits per heavy atom. The topological polar surface area (TPSA) is 64.8 Å². The lowest BCUT2D eigenvalue weighted by atomic mass is 10.00. The Labute approximate surface area is 147 Å². The maximum absolute atomic E-state index is 12.5. The van der Waals surface area contributed by atoms with Gasteiger partial charge in [-0.25, -0.2) is 0 Å². The van der Waals surface area contributed by atoms with Gasteiger partial charge in [-0.1, -0.05) is 12.1 Å². The number of hydrogen-bond donors (Lipinski definition) is 1. The van der Waals surface area contributed by atoms with Crippen molar-refractivity contribution in [1.29, 1.82) is 0 Å². The van der Waals surface area contributed by atoms with Gasteiger partial charge in [0, 0.05) is 24.0 Å². The number of carbonyl (C=O) groups is 1. The number of carbonyl (C=O) groups excluding carboxylic acids is 1. The summed E-state index contributed by atoms with van der Waals surface area (Å²) >= 11 is 0. The first kappa shape index (κ1) is 17.9. The van der Waals surface area contributed by atoms with Crippen LogP contribution in [-0.4, -0.2) is 26.2 Å². The van der Waals surface area contributed by atoms with E-state index in [1.165, 1.54) is 0 Å². The standard InChI is InChI=1S/C18H20N2O3.ClH/c1-22-13-5-2-6-14(11-13)23-12-18(21)20-10-4-7-15-16(19)8-3-9-17(15)20;/h2-3,5-6,8-9,11H,4,7,10,12,19H2,1H3;1H. The van der Waals surface area contributed by atoms with Crippen molar-refractivity contribution in [3.8, 4) is 11.5 Å². The first-order valence-corrected chi connectivity index (χ1v) is 7.63. The van der Waals surface area contributed by atoms with E-state index in [0.717, 1.165) is 29.8 Å². The van der Waals surface area contributed by atoms with Gasteiger partial charge in [0.25, 0.3) is 5.91 Å². The molecule has 0 unspecified atom stereocenters. The van der Waals surface area contributed by atoms with Gasteiger partial charge in [-0.2, -0.15) is 0 Å². The summed E-state index contributed by atoms with van der Waals surface area (Å²) in [6.07, 6.45) is 1.81. The third-order valence-electron chi connectivity index (χ3n) is 3.99. The molecule has 1 aliphatic rings. The third-order valence-corrected chi connectivity index (χ3v) is 3.99.